The highest BCUT2D eigenvalue weighted by Gasteiger charge is 2.24. The first kappa shape index (κ1) is 19.3. The molecule has 0 amide bonds. The van der Waals surface area contributed by atoms with Crippen molar-refractivity contribution in [1.29, 1.82) is 0 Å². The van der Waals surface area contributed by atoms with Gasteiger partial charge in [0.05, 0.1) is 19.4 Å². The van der Waals surface area contributed by atoms with Crippen LogP contribution in [0.1, 0.15) is 28.7 Å². The molecule has 0 aliphatic heterocycles. The lowest BCUT2D eigenvalue weighted by Crippen LogP contribution is -2.03. The molecule has 0 radical (unpaired) electrons. The highest BCUT2D eigenvalue weighted by molar-refractivity contribution is 7.80. The largest absolute Gasteiger partial charge is 0.331 e. The SMILES string of the molecule is Cc1ccccc1COP(=O)(CCCS)OCc1ccccc1C. The molecule has 0 spiro atoms. The lowest BCUT2D eigenvalue weighted by molar-refractivity contribution is 0.190. The quantitative estimate of drug-likeness (QED) is 0.468. The summed E-state index contributed by atoms with van der Waals surface area (Å²) in [5, 5.41) is 0. The minimum absolute atomic E-state index is 0.296. The van der Waals surface area contributed by atoms with Gasteiger partial charge in [-0.25, -0.2) is 0 Å². The molecule has 5 heteroatoms. The van der Waals surface area contributed by atoms with Gasteiger partial charge >= 0.3 is 7.60 Å². The predicted octanol–water partition coefficient (Wildman–Crippen LogP) is 5.55. The van der Waals surface area contributed by atoms with E-state index in [2.05, 4.69) is 12.6 Å². The highest BCUT2D eigenvalue weighted by atomic mass is 32.1. The maximum absolute atomic E-state index is 13.1. The summed E-state index contributed by atoms with van der Waals surface area (Å²) in [6, 6.07) is 15.9. The fourth-order valence-corrected chi connectivity index (χ4v) is 4.27. The van der Waals surface area contributed by atoms with Gasteiger partial charge in [0.1, 0.15) is 0 Å². The molecule has 0 aliphatic carbocycles. The number of thiol groups is 1. The fraction of sp³-hybridized carbons (Fsp3) is 0.368. The van der Waals surface area contributed by atoms with E-state index in [1.165, 1.54) is 0 Å². The Bertz CT molecular complexity index is 649. The molecule has 0 unspecified atom stereocenters. The predicted molar refractivity (Wildman–Crippen MR) is 103 cm³/mol. The van der Waals surface area contributed by atoms with Gasteiger partial charge in [0.2, 0.25) is 0 Å². The van der Waals surface area contributed by atoms with E-state index in [1.807, 2.05) is 62.4 Å². The van der Waals surface area contributed by atoms with Crippen molar-refractivity contribution < 1.29 is 13.6 Å². The van der Waals surface area contributed by atoms with Crippen molar-refractivity contribution in [3.63, 3.8) is 0 Å². The Morgan fingerprint density at radius 3 is 1.75 bits per heavy atom. The Morgan fingerprint density at radius 1 is 0.875 bits per heavy atom. The van der Waals surface area contributed by atoms with Crippen molar-refractivity contribution in [3.8, 4) is 0 Å². The van der Waals surface area contributed by atoms with Gasteiger partial charge in [-0.2, -0.15) is 12.6 Å². The first-order chi connectivity index (χ1) is 11.5. The van der Waals surface area contributed by atoms with Gasteiger partial charge in [0.15, 0.2) is 0 Å². The number of rotatable bonds is 9. The zero-order chi connectivity index (χ0) is 17.4. The summed E-state index contributed by atoms with van der Waals surface area (Å²) >= 11 is 4.21. The molecule has 0 fully saturated rings. The summed E-state index contributed by atoms with van der Waals surface area (Å²) in [7, 11) is -3.16. The molecular weight excluding hydrogens is 339 g/mol. The molecule has 24 heavy (non-hydrogen) atoms. The molecule has 0 heterocycles. The maximum atomic E-state index is 13.1. The summed E-state index contributed by atoms with van der Waals surface area (Å²) in [5.74, 6) is 0.658. The molecule has 2 aromatic rings. The van der Waals surface area contributed by atoms with Crippen molar-refractivity contribution in [3.05, 3.63) is 70.8 Å². The number of hydrogen-bond acceptors (Lipinski definition) is 4. The van der Waals surface area contributed by atoms with Crippen LogP contribution in [-0.2, 0) is 26.8 Å². The van der Waals surface area contributed by atoms with Crippen LogP contribution in [-0.4, -0.2) is 11.9 Å². The average molecular weight is 364 g/mol. The standard InChI is InChI=1S/C19H25O3PS/c1-16-8-3-5-10-18(16)14-21-23(20,12-7-13-24)22-15-19-11-6-4-9-17(19)2/h3-6,8-11,24H,7,12-15H2,1-2H3. The van der Waals surface area contributed by atoms with Gasteiger partial charge in [-0.1, -0.05) is 48.5 Å². The van der Waals surface area contributed by atoms with Gasteiger partial charge in [-0.05, 0) is 48.3 Å². The summed E-state index contributed by atoms with van der Waals surface area (Å²) in [6.45, 7) is 4.63. The Kier molecular flexibility index (Phi) is 7.57. The number of hydrogen-bond donors (Lipinski definition) is 1. The minimum Gasteiger partial charge on any atom is -0.304 e. The van der Waals surface area contributed by atoms with E-state index in [1.54, 1.807) is 0 Å². The zero-order valence-electron chi connectivity index (χ0n) is 14.3. The van der Waals surface area contributed by atoms with Gasteiger partial charge in [-0.3, -0.25) is 4.57 Å². The van der Waals surface area contributed by atoms with Crippen LogP contribution in [0.2, 0.25) is 0 Å². The molecule has 0 aromatic heterocycles. The molecule has 0 saturated heterocycles. The monoisotopic (exact) mass is 364 g/mol. The highest BCUT2D eigenvalue weighted by Crippen LogP contribution is 2.50. The molecule has 3 nitrogen and oxygen atoms in total. The smallest absolute Gasteiger partial charge is 0.304 e. The van der Waals surface area contributed by atoms with Crippen molar-refractivity contribution in [2.45, 2.75) is 33.5 Å². The summed E-state index contributed by atoms with van der Waals surface area (Å²) in [5.41, 5.74) is 4.31. The second kappa shape index (κ2) is 9.43. The molecule has 2 aromatic carbocycles. The molecule has 0 saturated carbocycles. The van der Waals surface area contributed by atoms with E-state index in [-0.39, 0.29) is 0 Å². The first-order valence-electron chi connectivity index (χ1n) is 8.12. The van der Waals surface area contributed by atoms with E-state index in [0.717, 1.165) is 22.3 Å². The second-order valence-electron chi connectivity index (χ2n) is 5.81. The van der Waals surface area contributed by atoms with Gasteiger partial charge in [0, 0.05) is 0 Å². The Hall–Kier alpha value is -1.06. The third kappa shape index (κ3) is 5.78. The Morgan fingerprint density at radius 2 is 1.33 bits per heavy atom. The maximum Gasteiger partial charge on any atom is 0.331 e. The average Bonchev–Trinajstić information content (AvgIpc) is 2.59. The van der Waals surface area contributed by atoms with E-state index < -0.39 is 7.60 Å². The number of aryl methyl sites for hydroxylation is 2. The third-order valence-electron chi connectivity index (χ3n) is 3.95. The van der Waals surface area contributed by atoms with Crippen molar-refractivity contribution in [2.24, 2.45) is 0 Å². The van der Waals surface area contributed by atoms with Crippen LogP contribution >= 0.6 is 20.2 Å². The van der Waals surface area contributed by atoms with Crippen molar-refractivity contribution >= 4 is 20.2 Å². The van der Waals surface area contributed by atoms with E-state index in [9.17, 15) is 4.57 Å². The third-order valence-corrected chi connectivity index (χ3v) is 6.17. The van der Waals surface area contributed by atoms with Crippen LogP contribution in [0, 0.1) is 13.8 Å². The van der Waals surface area contributed by atoms with Crippen LogP contribution in [0.3, 0.4) is 0 Å². The topological polar surface area (TPSA) is 35.5 Å². The second-order valence-corrected chi connectivity index (χ2v) is 8.44. The summed E-state index contributed by atoms with van der Waals surface area (Å²) < 4.78 is 24.6. The van der Waals surface area contributed by atoms with E-state index in [0.29, 0.717) is 31.5 Å². The van der Waals surface area contributed by atoms with Crippen LogP contribution in [0.5, 0.6) is 0 Å². The molecule has 0 atom stereocenters. The molecule has 130 valence electrons. The van der Waals surface area contributed by atoms with Gasteiger partial charge in [-0.15, -0.1) is 0 Å². The van der Waals surface area contributed by atoms with Crippen molar-refractivity contribution in [1.82, 2.24) is 0 Å². The number of benzene rings is 2. The van der Waals surface area contributed by atoms with Crippen LogP contribution < -0.4 is 0 Å². The van der Waals surface area contributed by atoms with E-state index in [4.69, 9.17) is 9.05 Å². The van der Waals surface area contributed by atoms with Gasteiger partial charge < -0.3 is 9.05 Å². The van der Waals surface area contributed by atoms with Gasteiger partial charge in [0.25, 0.3) is 0 Å². The summed E-state index contributed by atoms with van der Waals surface area (Å²) in [6.07, 6.45) is 1.08. The van der Waals surface area contributed by atoms with Crippen LogP contribution in [0.25, 0.3) is 0 Å². The lowest BCUT2D eigenvalue weighted by Gasteiger charge is -2.19. The molecule has 0 N–H and O–H groups in total. The Labute approximate surface area is 150 Å². The molecule has 0 bridgehead atoms. The van der Waals surface area contributed by atoms with Crippen LogP contribution in [0.4, 0.5) is 0 Å². The molecule has 2 rings (SSSR count). The lowest BCUT2D eigenvalue weighted by atomic mass is 10.1. The van der Waals surface area contributed by atoms with Crippen molar-refractivity contribution in [2.75, 3.05) is 11.9 Å². The first-order valence-corrected chi connectivity index (χ1v) is 10.5. The van der Waals surface area contributed by atoms with Crippen LogP contribution in [0.15, 0.2) is 48.5 Å². The zero-order valence-corrected chi connectivity index (χ0v) is 16.1. The summed E-state index contributed by atoms with van der Waals surface area (Å²) in [4.78, 5) is 0. The normalized spacial score (nSPS) is 11.6. The fourth-order valence-electron chi connectivity index (χ4n) is 2.31. The molecular formula is C19H25O3PS. The minimum atomic E-state index is -3.16. The molecule has 0 aliphatic rings. The Balaban J connectivity index is 2.03. The van der Waals surface area contributed by atoms with E-state index >= 15 is 0 Å².